The molecule has 0 bridgehead atoms. The number of benzene rings is 2. The second-order valence-electron chi connectivity index (χ2n) is 8.21. The van der Waals surface area contributed by atoms with Crippen molar-refractivity contribution >= 4 is 37.5 Å². The number of anilines is 1. The number of hydrogen-bond acceptors (Lipinski definition) is 8. The van der Waals surface area contributed by atoms with Crippen molar-refractivity contribution in [2.45, 2.75) is 41.2 Å². The number of methoxy groups -OCH3 is 1. The second-order valence-corrected chi connectivity index (χ2v) is 11.7. The molecule has 2 heterocycles. The van der Waals surface area contributed by atoms with Gasteiger partial charge in [-0.25, -0.2) is 26.9 Å². The van der Waals surface area contributed by atoms with Crippen LogP contribution >= 0.6 is 0 Å². The fraction of sp³-hybridized carbons (Fsp3) is 0.364. The molecule has 188 valence electrons. The molecule has 2 amide bonds. The molecule has 0 aliphatic carbocycles. The highest BCUT2D eigenvalue weighted by Gasteiger charge is 2.47. The van der Waals surface area contributed by atoms with E-state index in [-0.39, 0.29) is 28.4 Å². The molecular weight excluding hydrogens is 498 g/mol. The maximum absolute atomic E-state index is 13.6. The lowest BCUT2D eigenvalue weighted by Gasteiger charge is -2.29. The van der Waals surface area contributed by atoms with Crippen LogP contribution in [0.15, 0.2) is 58.3 Å². The molecule has 35 heavy (non-hydrogen) atoms. The van der Waals surface area contributed by atoms with Crippen molar-refractivity contribution in [3.8, 4) is 5.75 Å². The van der Waals surface area contributed by atoms with Crippen molar-refractivity contribution in [1.82, 2.24) is 4.31 Å². The number of amides is 2. The van der Waals surface area contributed by atoms with Crippen LogP contribution in [0.3, 0.4) is 0 Å². The number of rotatable bonds is 8. The van der Waals surface area contributed by atoms with E-state index >= 15 is 0 Å². The Morgan fingerprint density at radius 2 is 1.66 bits per heavy atom. The highest BCUT2D eigenvalue weighted by atomic mass is 32.2. The molecule has 13 heteroatoms. The van der Waals surface area contributed by atoms with E-state index in [1.165, 1.54) is 55.6 Å². The first-order valence-electron chi connectivity index (χ1n) is 10.8. The van der Waals surface area contributed by atoms with Gasteiger partial charge < -0.3 is 9.47 Å². The van der Waals surface area contributed by atoms with Gasteiger partial charge in [0.15, 0.2) is 0 Å². The molecular formula is C22H25N3O8S2. The topological polar surface area (TPSA) is 153 Å². The average Bonchev–Trinajstić information content (AvgIpc) is 3.44. The van der Waals surface area contributed by atoms with Crippen LogP contribution in [0, 0.1) is 0 Å². The van der Waals surface area contributed by atoms with Gasteiger partial charge in [0.1, 0.15) is 11.8 Å². The highest BCUT2D eigenvalue weighted by Crippen LogP contribution is 2.31. The molecule has 0 saturated carbocycles. The minimum atomic E-state index is -4.18. The molecule has 2 aromatic carbocycles. The Balaban J connectivity index is 1.68. The maximum Gasteiger partial charge on any atom is 0.252 e. The zero-order valence-corrected chi connectivity index (χ0v) is 20.5. The molecule has 0 radical (unpaired) electrons. The lowest BCUT2D eigenvalue weighted by atomic mass is 10.2. The van der Waals surface area contributed by atoms with Crippen LogP contribution in [0.5, 0.6) is 5.75 Å². The van der Waals surface area contributed by atoms with Crippen molar-refractivity contribution in [3.63, 3.8) is 0 Å². The van der Waals surface area contributed by atoms with Gasteiger partial charge >= 0.3 is 0 Å². The lowest BCUT2D eigenvalue weighted by Crippen LogP contribution is -2.48. The predicted molar refractivity (Wildman–Crippen MR) is 125 cm³/mol. The van der Waals surface area contributed by atoms with Crippen LogP contribution in [0.2, 0.25) is 0 Å². The summed E-state index contributed by atoms with van der Waals surface area (Å²) in [5.74, 6) is -0.866. The fourth-order valence-electron chi connectivity index (χ4n) is 4.16. The number of hydrogen-bond donors (Lipinski definition) is 1. The molecule has 0 spiro atoms. The molecule has 2 N–H and O–H groups in total. The smallest absolute Gasteiger partial charge is 0.252 e. The van der Waals surface area contributed by atoms with Crippen LogP contribution in [-0.2, 0) is 34.4 Å². The number of nitrogens with zero attached hydrogens (tertiary/aromatic N) is 2. The summed E-state index contributed by atoms with van der Waals surface area (Å²) in [7, 11) is -6.69. The Hall–Kier alpha value is -2.84. The summed E-state index contributed by atoms with van der Waals surface area (Å²) in [6.07, 6.45) is 0.621. The molecule has 2 unspecified atom stereocenters. The van der Waals surface area contributed by atoms with Crippen LogP contribution in [0.1, 0.15) is 19.3 Å². The van der Waals surface area contributed by atoms with E-state index in [1.807, 2.05) is 0 Å². The minimum Gasteiger partial charge on any atom is -0.497 e. The quantitative estimate of drug-likeness (QED) is 0.500. The minimum absolute atomic E-state index is 0.0486. The van der Waals surface area contributed by atoms with Crippen LogP contribution in [-0.4, -0.2) is 65.4 Å². The van der Waals surface area contributed by atoms with Gasteiger partial charge in [0.05, 0.1) is 35.1 Å². The Morgan fingerprint density at radius 3 is 2.20 bits per heavy atom. The third-order valence-electron chi connectivity index (χ3n) is 5.97. The molecule has 2 atom stereocenters. The molecule has 2 fully saturated rings. The van der Waals surface area contributed by atoms with Gasteiger partial charge in [0.2, 0.25) is 26.0 Å². The van der Waals surface area contributed by atoms with Crippen LogP contribution in [0.4, 0.5) is 5.69 Å². The van der Waals surface area contributed by atoms with Crippen molar-refractivity contribution in [2.75, 3.05) is 25.2 Å². The largest absolute Gasteiger partial charge is 0.497 e. The Morgan fingerprint density at radius 1 is 1.03 bits per heavy atom. The summed E-state index contributed by atoms with van der Waals surface area (Å²) in [5, 5.41) is 5.11. The monoisotopic (exact) mass is 523 g/mol. The molecule has 11 nitrogen and oxygen atoms in total. The van der Waals surface area contributed by atoms with E-state index in [4.69, 9.17) is 14.6 Å². The summed E-state index contributed by atoms with van der Waals surface area (Å²) in [6, 6.07) is 9.38. The van der Waals surface area contributed by atoms with E-state index in [0.29, 0.717) is 18.8 Å². The first kappa shape index (κ1) is 25.3. The first-order chi connectivity index (χ1) is 16.5. The van der Waals surface area contributed by atoms with Crippen molar-refractivity contribution < 1.29 is 35.9 Å². The highest BCUT2D eigenvalue weighted by molar-refractivity contribution is 7.89. The number of carbonyl (C=O) groups excluding carboxylic acids is 2. The Kier molecular flexibility index (Phi) is 6.97. The SMILES string of the molecule is COc1ccc(S(=O)(=O)N(CC2CCCO2)C2CC(=O)N(c3ccc(S(N)(=O)=O)cc3)C2=O)cc1. The zero-order valence-electron chi connectivity index (χ0n) is 18.9. The van der Waals surface area contributed by atoms with E-state index in [0.717, 1.165) is 15.6 Å². The number of primary sulfonamides is 1. The summed E-state index contributed by atoms with van der Waals surface area (Å²) in [6.45, 7) is 0.400. The number of nitrogens with two attached hydrogens (primary N) is 1. The van der Waals surface area contributed by atoms with E-state index in [2.05, 4.69) is 0 Å². The maximum atomic E-state index is 13.6. The number of sulfonamides is 2. The third kappa shape index (κ3) is 5.09. The van der Waals surface area contributed by atoms with Crippen molar-refractivity contribution in [3.05, 3.63) is 48.5 Å². The van der Waals surface area contributed by atoms with Gasteiger partial charge in [-0.15, -0.1) is 0 Å². The summed E-state index contributed by atoms with van der Waals surface area (Å²) in [5.41, 5.74) is 0.119. The Labute approximate surface area is 203 Å². The van der Waals surface area contributed by atoms with Crippen molar-refractivity contribution in [1.29, 1.82) is 0 Å². The average molecular weight is 524 g/mol. The standard InChI is InChI=1S/C22H25N3O8S2/c1-32-16-6-10-19(11-7-16)35(30,31)24(14-17-3-2-12-33-17)20-13-21(26)25(22(20)27)15-4-8-18(9-5-15)34(23,28)29/h4-11,17,20H,2-3,12-14H2,1H3,(H2,23,28,29). The van der Waals surface area contributed by atoms with Gasteiger partial charge in [0.25, 0.3) is 5.91 Å². The normalized spacial score (nSPS) is 21.2. The molecule has 0 aromatic heterocycles. The predicted octanol–water partition coefficient (Wildman–Crippen LogP) is 0.844. The van der Waals surface area contributed by atoms with Gasteiger partial charge in [-0.05, 0) is 61.4 Å². The van der Waals surface area contributed by atoms with E-state index in [9.17, 15) is 26.4 Å². The van der Waals surface area contributed by atoms with Gasteiger partial charge in [-0.2, -0.15) is 4.31 Å². The number of ether oxygens (including phenoxy) is 2. The van der Waals surface area contributed by atoms with Crippen molar-refractivity contribution in [2.24, 2.45) is 5.14 Å². The van der Waals surface area contributed by atoms with E-state index in [1.54, 1.807) is 0 Å². The first-order valence-corrected chi connectivity index (χ1v) is 13.8. The van der Waals surface area contributed by atoms with Gasteiger partial charge in [-0.3, -0.25) is 9.59 Å². The second kappa shape index (κ2) is 9.66. The van der Waals surface area contributed by atoms with Crippen LogP contribution < -0.4 is 14.8 Å². The molecule has 2 aromatic rings. The molecule has 2 saturated heterocycles. The molecule has 2 aliphatic rings. The summed E-state index contributed by atoms with van der Waals surface area (Å²) >= 11 is 0. The fourth-order valence-corrected chi connectivity index (χ4v) is 6.29. The zero-order chi connectivity index (χ0) is 25.4. The Bertz CT molecular complexity index is 1320. The lowest BCUT2D eigenvalue weighted by molar-refractivity contribution is -0.122. The van der Waals surface area contributed by atoms with Gasteiger partial charge in [-0.1, -0.05) is 0 Å². The summed E-state index contributed by atoms with van der Waals surface area (Å²) in [4.78, 5) is 26.9. The van der Waals surface area contributed by atoms with Gasteiger partial charge in [0, 0.05) is 13.2 Å². The number of carbonyl (C=O) groups is 2. The molecule has 2 aliphatic heterocycles. The van der Waals surface area contributed by atoms with Crippen LogP contribution in [0.25, 0.3) is 0 Å². The molecule has 4 rings (SSSR count). The van der Waals surface area contributed by atoms with E-state index < -0.39 is 44.0 Å². The number of imide groups is 1. The summed E-state index contributed by atoms with van der Waals surface area (Å²) < 4.78 is 62.0. The third-order valence-corrected chi connectivity index (χ3v) is 8.79.